The zero-order valence-electron chi connectivity index (χ0n) is 5.53. The van der Waals surface area contributed by atoms with Crippen LogP contribution in [0, 0.1) is 0 Å². The van der Waals surface area contributed by atoms with Gasteiger partial charge in [0, 0.05) is 0 Å². The average Bonchev–Trinajstić information content (AvgIpc) is 2.27. The van der Waals surface area contributed by atoms with Gasteiger partial charge in [-0.05, 0) is 34.1 Å². The molecule has 2 heterocycles. The Labute approximate surface area is 71.4 Å². The van der Waals surface area contributed by atoms with Crippen molar-refractivity contribution in [1.29, 1.82) is 0 Å². The van der Waals surface area contributed by atoms with Crippen molar-refractivity contribution in [2.45, 2.75) is 0 Å². The van der Waals surface area contributed by atoms with Gasteiger partial charge in [0.15, 0.2) is 0 Å². The minimum Gasteiger partial charge on any atom is -0.506 e. The number of hydrogen-bond acceptors (Lipinski definition) is 2. The van der Waals surface area contributed by atoms with Gasteiger partial charge in [-0.2, -0.15) is 5.10 Å². The molecule has 4 heteroatoms. The smallest absolute Gasteiger partial charge is 0.133 e. The van der Waals surface area contributed by atoms with Crippen LogP contribution in [0.5, 0.6) is 5.75 Å². The van der Waals surface area contributed by atoms with Crippen molar-refractivity contribution >= 4 is 21.4 Å². The fourth-order valence-electron chi connectivity index (χ4n) is 0.945. The van der Waals surface area contributed by atoms with Crippen LogP contribution in [0.4, 0.5) is 0 Å². The number of hydrogen-bond donors (Lipinski definition) is 1. The zero-order chi connectivity index (χ0) is 7.84. The van der Waals surface area contributed by atoms with Crippen LogP contribution in [0.2, 0.25) is 0 Å². The molecule has 0 radical (unpaired) electrons. The number of rotatable bonds is 0. The van der Waals surface area contributed by atoms with E-state index in [4.69, 9.17) is 5.11 Å². The van der Waals surface area contributed by atoms with Gasteiger partial charge in [-0.3, -0.25) is 0 Å². The molecule has 2 aromatic heterocycles. The number of halogens is 1. The third kappa shape index (κ3) is 1.09. The van der Waals surface area contributed by atoms with E-state index >= 15 is 0 Å². The van der Waals surface area contributed by atoms with Crippen LogP contribution in [0.15, 0.2) is 29.0 Å². The summed E-state index contributed by atoms with van der Waals surface area (Å²) in [5.41, 5.74) is 0.953. The first-order valence-corrected chi connectivity index (χ1v) is 3.89. The summed E-state index contributed by atoms with van der Waals surface area (Å²) < 4.78 is 2.38. The number of pyridine rings is 1. The van der Waals surface area contributed by atoms with E-state index in [1.807, 2.05) is 6.07 Å². The molecule has 2 rings (SSSR count). The Bertz CT molecular complexity index is 396. The SMILES string of the molecule is Oc1ccc2cc(Br)nn2c1. The van der Waals surface area contributed by atoms with E-state index in [1.165, 1.54) is 0 Å². The summed E-state index contributed by atoms with van der Waals surface area (Å²) in [6.45, 7) is 0. The quantitative estimate of drug-likeness (QED) is 0.724. The van der Waals surface area contributed by atoms with E-state index in [1.54, 1.807) is 22.8 Å². The maximum atomic E-state index is 9.06. The van der Waals surface area contributed by atoms with Crippen LogP contribution in [0.1, 0.15) is 0 Å². The topological polar surface area (TPSA) is 37.5 Å². The summed E-state index contributed by atoms with van der Waals surface area (Å²) in [4.78, 5) is 0. The lowest BCUT2D eigenvalue weighted by Crippen LogP contribution is -1.83. The molecule has 0 spiro atoms. The molecule has 3 nitrogen and oxygen atoms in total. The Morgan fingerprint density at radius 3 is 3.09 bits per heavy atom. The fourth-order valence-corrected chi connectivity index (χ4v) is 1.35. The van der Waals surface area contributed by atoms with E-state index < -0.39 is 0 Å². The second-order valence-corrected chi connectivity index (χ2v) is 3.04. The van der Waals surface area contributed by atoms with E-state index in [9.17, 15) is 0 Å². The highest BCUT2D eigenvalue weighted by Gasteiger charge is 1.97. The fraction of sp³-hybridized carbons (Fsp3) is 0. The summed E-state index contributed by atoms with van der Waals surface area (Å²) in [5, 5.41) is 13.1. The standard InChI is InChI=1S/C7H5BrN2O/c8-7-3-5-1-2-6(11)4-10(5)9-7/h1-4,11H. The van der Waals surface area contributed by atoms with Crippen LogP contribution < -0.4 is 0 Å². The third-order valence-electron chi connectivity index (χ3n) is 1.41. The van der Waals surface area contributed by atoms with Gasteiger partial charge in [-0.1, -0.05) is 0 Å². The molecule has 0 saturated heterocycles. The minimum absolute atomic E-state index is 0.216. The molecule has 0 atom stereocenters. The molecule has 0 saturated carbocycles. The Hall–Kier alpha value is -1.03. The molecule has 0 fully saturated rings. The summed E-state index contributed by atoms with van der Waals surface area (Å²) in [6, 6.07) is 5.30. The van der Waals surface area contributed by atoms with Crippen molar-refractivity contribution < 1.29 is 5.11 Å². The molecule has 0 aliphatic heterocycles. The highest BCUT2D eigenvalue weighted by atomic mass is 79.9. The number of aromatic nitrogens is 2. The lowest BCUT2D eigenvalue weighted by Gasteiger charge is -1.91. The van der Waals surface area contributed by atoms with Crippen molar-refractivity contribution in [2.24, 2.45) is 0 Å². The summed E-state index contributed by atoms with van der Waals surface area (Å²) in [6.07, 6.45) is 1.56. The van der Waals surface area contributed by atoms with E-state index in [2.05, 4.69) is 21.0 Å². The van der Waals surface area contributed by atoms with E-state index in [-0.39, 0.29) is 5.75 Å². The van der Waals surface area contributed by atoms with Gasteiger partial charge in [-0.25, -0.2) is 4.52 Å². The summed E-state index contributed by atoms with van der Waals surface area (Å²) in [7, 11) is 0. The highest BCUT2D eigenvalue weighted by Crippen LogP contribution is 2.15. The molecule has 0 bridgehead atoms. The lowest BCUT2D eigenvalue weighted by molar-refractivity contribution is 0.470. The molecule has 1 N–H and O–H groups in total. The number of fused-ring (bicyclic) bond motifs is 1. The van der Waals surface area contributed by atoms with Gasteiger partial charge in [0.1, 0.15) is 10.4 Å². The monoisotopic (exact) mass is 212 g/mol. The van der Waals surface area contributed by atoms with Gasteiger partial charge in [0.05, 0.1) is 11.7 Å². The van der Waals surface area contributed by atoms with E-state index in [0.29, 0.717) is 0 Å². The van der Waals surface area contributed by atoms with Crippen molar-refractivity contribution in [1.82, 2.24) is 9.61 Å². The summed E-state index contributed by atoms with van der Waals surface area (Å²) in [5.74, 6) is 0.216. The van der Waals surface area contributed by atoms with Gasteiger partial charge >= 0.3 is 0 Å². The van der Waals surface area contributed by atoms with Crippen LogP contribution in [0.3, 0.4) is 0 Å². The molecule has 0 unspecified atom stereocenters. The largest absolute Gasteiger partial charge is 0.506 e. The van der Waals surface area contributed by atoms with Gasteiger partial charge in [0.25, 0.3) is 0 Å². The van der Waals surface area contributed by atoms with Crippen LogP contribution >= 0.6 is 15.9 Å². The number of aromatic hydroxyl groups is 1. The van der Waals surface area contributed by atoms with Crippen molar-refractivity contribution in [2.75, 3.05) is 0 Å². The molecule has 0 aliphatic carbocycles. The second kappa shape index (κ2) is 2.23. The normalized spacial score (nSPS) is 10.6. The van der Waals surface area contributed by atoms with Crippen LogP contribution in [0.25, 0.3) is 5.52 Å². The van der Waals surface area contributed by atoms with E-state index in [0.717, 1.165) is 10.1 Å². The first-order valence-electron chi connectivity index (χ1n) is 3.09. The Morgan fingerprint density at radius 2 is 2.27 bits per heavy atom. The first kappa shape index (κ1) is 6.67. The molecular weight excluding hydrogens is 208 g/mol. The van der Waals surface area contributed by atoms with Gasteiger partial charge in [-0.15, -0.1) is 0 Å². The predicted octanol–water partition coefficient (Wildman–Crippen LogP) is 1.80. The average molecular weight is 213 g/mol. The minimum atomic E-state index is 0.216. The van der Waals surface area contributed by atoms with Crippen LogP contribution in [-0.2, 0) is 0 Å². The summed E-state index contributed by atoms with van der Waals surface area (Å²) >= 11 is 3.24. The molecule has 11 heavy (non-hydrogen) atoms. The first-order chi connectivity index (χ1) is 5.25. The maximum Gasteiger partial charge on any atom is 0.133 e. The molecule has 0 aromatic carbocycles. The van der Waals surface area contributed by atoms with Crippen molar-refractivity contribution in [3.63, 3.8) is 0 Å². The predicted molar refractivity (Wildman–Crippen MR) is 44.6 cm³/mol. The zero-order valence-corrected chi connectivity index (χ0v) is 7.12. The molecule has 0 amide bonds. The van der Waals surface area contributed by atoms with Gasteiger partial charge in [0.2, 0.25) is 0 Å². The maximum absolute atomic E-state index is 9.06. The second-order valence-electron chi connectivity index (χ2n) is 2.22. The highest BCUT2D eigenvalue weighted by molar-refractivity contribution is 9.10. The van der Waals surface area contributed by atoms with Crippen LogP contribution in [-0.4, -0.2) is 14.7 Å². The Balaban J connectivity index is 2.82. The molecule has 0 aliphatic rings. The molecule has 56 valence electrons. The van der Waals surface area contributed by atoms with Crippen molar-refractivity contribution in [3.8, 4) is 5.75 Å². The van der Waals surface area contributed by atoms with Gasteiger partial charge < -0.3 is 5.11 Å². The number of nitrogens with zero attached hydrogens (tertiary/aromatic N) is 2. The third-order valence-corrected chi connectivity index (χ3v) is 1.80. The Morgan fingerprint density at radius 1 is 1.45 bits per heavy atom. The van der Waals surface area contributed by atoms with Crippen molar-refractivity contribution in [3.05, 3.63) is 29.0 Å². The lowest BCUT2D eigenvalue weighted by atomic mass is 10.4. The molecular formula is C7H5BrN2O. The Kier molecular flexibility index (Phi) is 1.35. The molecule has 2 aromatic rings.